The molecule has 0 amide bonds. The molecule has 86 valence electrons. The van der Waals surface area contributed by atoms with Crippen LogP contribution in [0.25, 0.3) is 0 Å². The van der Waals surface area contributed by atoms with Crippen molar-refractivity contribution in [2.45, 2.75) is 24.8 Å². The molecule has 0 spiro atoms. The Morgan fingerprint density at radius 3 is 2.75 bits per heavy atom. The lowest BCUT2D eigenvalue weighted by Gasteiger charge is -2.14. The molecule has 1 aliphatic carbocycles. The molecule has 1 aromatic rings. The van der Waals surface area contributed by atoms with E-state index < -0.39 is 11.9 Å². The van der Waals surface area contributed by atoms with E-state index in [9.17, 15) is 9.90 Å². The topological polar surface area (TPSA) is 49.3 Å². The Labute approximate surface area is 103 Å². The molecule has 16 heavy (non-hydrogen) atoms. The van der Waals surface area contributed by atoms with E-state index in [1.54, 1.807) is 0 Å². The minimum absolute atomic E-state index is 0.476. The maximum Gasteiger partial charge on any atom is 0.312 e. The number of halogens is 1. The van der Waals surface area contributed by atoms with Crippen molar-refractivity contribution in [1.29, 1.82) is 0 Å². The standard InChI is InChI=1S/C12H14BrNO2/c13-11-4-2-1-3-9(11)10(12(15)16)7-14-8-5-6-8/h1-4,8,10,14H,5-7H2,(H,15,16). The summed E-state index contributed by atoms with van der Waals surface area (Å²) in [6.45, 7) is 0.503. The molecule has 0 saturated heterocycles. The van der Waals surface area contributed by atoms with Gasteiger partial charge in [0, 0.05) is 17.1 Å². The molecule has 1 saturated carbocycles. The molecular weight excluding hydrogens is 270 g/mol. The molecular formula is C12H14BrNO2. The lowest BCUT2D eigenvalue weighted by atomic mass is 9.99. The Balaban J connectivity index is 2.11. The van der Waals surface area contributed by atoms with Crippen molar-refractivity contribution in [2.75, 3.05) is 6.54 Å². The summed E-state index contributed by atoms with van der Waals surface area (Å²) in [5, 5.41) is 12.5. The molecule has 0 heterocycles. The third kappa shape index (κ3) is 2.83. The fraction of sp³-hybridized carbons (Fsp3) is 0.417. The van der Waals surface area contributed by atoms with E-state index in [4.69, 9.17) is 0 Å². The fourth-order valence-electron chi connectivity index (χ4n) is 1.66. The number of carboxylic acids is 1. The second kappa shape index (κ2) is 4.97. The minimum Gasteiger partial charge on any atom is -0.481 e. The van der Waals surface area contributed by atoms with E-state index in [1.807, 2.05) is 24.3 Å². The highest BCUT2D eigenvalue weighted by molar-refractivity contribution is 9.10. The van der Waals surface area contributed by atoms with Crippen LogP contribution in [0.1, 0.15) is 24.3 Å². The van der Waals surface area contributed by atoms with Crippen LogP contribution in [0, 0.1) is 0 Å². The van der Waals surface area contributed by atoms with Crippen molar-refractivity contribution in [3.05, 3.63) is 34.3 Å². The summed E-state index contributed by atoms with van der Waals surface area (Å²) in [4.78, 5) is 11.2. The summed E-state index contributed by atoms with van der Waals surface area (Å²) < 4.78 is 0.861. The summed E-state index contributed by atoms with van der Waals surface area (Å²) in [5.74, 6) is -1.25. The first kappa shape index (κ1) is 11.6. The molecule has 0 aliphatic heterocycles. The van der Waals surface area contributed by atoms with E-state index in [0.29, 0.717) is 12.6 Å². The fourth-order valence-corrected chi connectivity index (χ4v) is 2.22. The predicted molar refractivity (Wildman–Crippen MR) is 65.5 cm³/mol. The number of aliphatic carboxylic acids is 1. The molecule has 1 atom stereocenters. The van der Waals surface area contributed by atoms with Crippen LogP contribution >= 0.6 is 15.9 Å². The number of hydrogen-bond acceptors (Lipinski definition) is 2. The lowest BCUT2D eigenvalue weighted by Crippen LogP contribution is -2.28. The number of benzene rings is 1. The average Bonchev–Trinajstić information content (AvgIpc) is 3.04. The summed E-state index contributed by atoms with van der Waals surface area (Å²) in [5.41, 5.74) is 0.836. The third-order valence-electron chi connectivity index (χ3n) is 2.77. The SMILES string of the molecule is O=C(O)C(CNC1CC1)c1ccccc1Br. The molecule has 1 unspecified atom stereocenters. The predicted octanol–water partition coefficient (Wildman–Crippen LogP) is 2.37. The molecule has 1 aromatic carbocycles. The Bertz CT molecular complexity index is 390. The minimum atomic E-state index is -0.778. The highest BCUT2D eigenvalue weighted by Gasteiger charge is 2.26. The second-order valence-electron chi connectivity index (χ2n) is 4.09. The van der Waals surface area contributed by atoms with Gasteiger partial charge in [-0.3, -0.25) is 4.79 Å². The summed E-state index contributed by atoms with van der Waals surface area (Å²) in [6, 6.07) is 8.03. The van der Waals surface area contributed by atoms with Crippen molar-refractivity contribution in [2.24, 2.45) is 0 Å². The van der Waals surface area contributed by atoms with Gasteiger partial charge >= 0.3 is 5.97 Å². The van der Waals surface area contributed by atoms with E-state index in [1.165, 1.54) is 12.8 Å². The maximum atomic E-state index is 11.2. The smallest absolute Gasteiger partial charge is 0.312 e. The molecule has 1 fully saturated rings. The average molecular weight is 284 g/mol. The first-order valence-corrected chi connectivity index (χ1v) is 6.18. The molecule has 4 heteroatoms. The summed E-state index contributed by atoms with van der Waals surface area (Å²) in [6.07, 6.45) is 2.34. The van der Waals surface area contributed by atoms with Gasteiger partial charge in [0.2, 0.25) is 0 Å². The van der Waals surface area contributed by atoms with Crippen LogP contribution in [0.2, 0.25) is 0 Å². The van der Waals surface area contributed by atoms with Crippen molar-refractivity contribution in [1.82, 2.24) is 5.32 Å². The zero-order chi connectivity index (χ0) is 11.5. The highest BCUT2D eigenvalue weighted by Crippen LogP contribution is 2.26. The Morgan fingerprint density at radius 1 is 1.50 bits per heavy atom. The first-order chi connectivity index (χ1) is 7.68. The summed E-state index contributed by atoms with van der Waals surface area (Å²) in [7, 11) is 0. The maximum absolute atomic E-state index is 11.2. The van der Waals surface area contributed by atoms with Crippen molar-refractivity contribution in [3.63, 3.8) is 0 Å². The molecule has 2 N–H and O–H groups in total. The van der Waals surface area contributed by atoms with Crippen molar-refractivity contribution < 1.29 is 9.90 Å². The van der Waals surface area contributed by atoms with Crippen LogP contribution < -0.4 is 5.32 Å². The van der Waals surface area contributed by atoms with Crippen LogP contribution in [0.15, 0.2) is 28.7 Å². The van der Waals surface area contributed by atoms with Crippen molar-refractivity contribution >= 4 is 21.9 Å². The lowest BCUT2D eigenvalue weighted by molar-refractivity contribution is -0.138. The number of carbonyl (C=O) groups is 1. The van der Waals surface area contributed by atoms with Gasteiger partial charge in [-0.2, -0.15) is 0 Å². The molecule has 0 aromatic heterocycles. The van der Waals surface area contributed by atoms with Crippen LogP contribution in [-0.4, -0.2) is 23.7 Å². The highest BCUT2D eigenvalue weighted by atomic mass is 79.9. The van der Waals surface area contributed by atoms with Crippen LogP contribution in [0.3, 0.4) is 0 Å². The van der Waals surface area contributed by atoms with Gasteiger partial charge in [0.25, 0.3) is 0 Å². The second-order valence-corrected chi connectivity index (χ2v) is 4.95. The zero-order valence-electron chi connectivity index (χ0n) is 8.82. The third-order valence-corrected chi connectivity index (χ3v) is 3.49. The van der Waals surface area contributed by atoms with Crippen LogP contribution in [0.4, 0.5) is 0 Å². The number of nitrogens with one attached hydrogen (secondary N) is 1. The van der Waals surface area contributed by atoms with Gasteiger partial charge in [0.1, 0.15) is 0 Å². The summed E-state index contributed by atoms with van der Waals surface area (Å²) >= 11 is 3.40. The van der Waals surface area contributed by atoms with Gasteiger partial charge < -0.3 is 10.4 Å². The van der Waals surface area contributed by atoms with E-state index in [2.05, 4.69) is 21.2 Å². The van der Waals surface area contributed by atoms with Gasteiger partial charge in [-0.15, -0.1) is 0 Å². The molecule has 0 radical (unpaired) electrons. The van der Waals surface area contributed by atoms with Crippen LogP contribution in [-0.2, 0) is 4.79 Å². The molecule has 2 rings (SSSR count). The number of hydrogen-bond donors (Lipinski definition) is 2. The largest absolute Gasteiger partial charge is 0.481 e. The number of rotatable bonds is 5. The first-order valence-electron chi connectivity index (χ1n) is 5.39. The Morgan fingerprint density at radius 2 is 2.19 bits per heavy atom. The number of carboxylic acid groups (broad SMARTS) is 1. The monoisotopic (exact) mass is 283 g/mol. The van der Waals surface area contributed by atoms with E-state index >= 15 is 0 Å². The quantitative estimate of drug-likeness (QED) is 0.872. The molecule has 0 bridgehead atoms. The van der Waals surface area contributed by atoms with Gasteiger partial charge in [-0.1, -0.05) is 34.1 Å². The Hall–Kier alpha value is -0.870. The van der Waals surface area contributed by atoms with Gasteiger partial charge in [0.05, 0.1) is 5.92 Å². The van der Waals surface area contributed by atoms with Crippen LogP contribution in [0.5, 0.6) is 0 Å². The van der Waals surface area contributed by atoms with E-state index in [-0.39, 0.29) is 0 Å². The van der Waals surface area contributed by atoms with Gasteiger partial charge in [-0.05, 0) is 24.5 Å². The zero-order valence-corrected chi connectivity index (χ0v) is 10.4. The van der Waals surface area contributed by atoms with E-state index in [0.717, 1.165) is 10.0 Å². The van der Waals surface area contributed by atoms with Crippen molar-refractivity contribution in [3.8, 4) is 0 Å². The van der Waals surface area contributed by atoms with Gasteiger partial charge in [0.15, 0.2) is 0 Å². The normalized spacial score (nSPS) is 17.1. The molecule has 1 aliphatic rings. The Kier molecular flexibility index (Phi) is 3.61. The molecule has 3 nitrogen and oxygen atoms in total. The van der Waals surface area contributed by atoms with Gasteiger partial charge in [-0.25, -0.2) is 0 Å².